The number of ether oxygens (including phenoxy) is 2. The normalized spacial score (nSPS) is 11.4. The molecule has 0 unspecified atom stereocenters. The number of hydrogen-bond donors (Lipinski definition) is 0. The molecule has 31 heavy (non-hydrogen) atoms. The van der Waals surface area contributed by atoms with Gasteiger partial charge in [0.1, 0.15) is 12.4 Å². The van der Waals surface area contributed by atoms with E-state index in [1.807, 2.05) is 0 Å². The molecule has 0 heterocycles. The Bertz CT molecular complexity index is 640. The molecule has 176 valence electrons. The molecular weight excluding hydrogens is 395 g/mol. The number of benzene rings is 1. The van der Waals surface area contributed by atoms with Gasteiger partial charge in [-0.1, -0.05) is 96.8 Å². The summed E-state index contributed by atoms with van der Waals surface area (Å²) in [5.41, 5.74) is -1.04. The van der Waals surface area contributed by atoms with E-state index in [0.717, 1.165) is 19.3 Å². The van der Waals surface area contributed by atoms with Crippen LogP contribution in [0.3, 0.4) is 0 Å². The molecule has 0 fully saturated rings. The summed E-state index contributed by atoms with van der Waals surface area (Å²) in [4.78, 5) is 25.4. The van der Waals surface area contributed by atoms with Crippen LogP contribution in [0.2, 0.25) is 0 Å². The van der Waals surface area contributed by atoms with Crippen LogP contribution < -0.4 is 0 Å². The molecule has 0 atom stereocenters. The van der Waals surface area contributed by atoms with Gasteiger partial charge < -0.3 is 9.47 Å². The summed E-state index contributed by atoms with van der Waals surface area (Å²) in [6, 6.07) is 6.14. The van der Waals surface area contributed by atoms with E-state index in [0.29, 0.717) is 6.61 Å². The topological polar surface area (TPSA) is 52.6 Å². The molecule has 0 radical (unpaired) electrons. The Morgan fingerprint density at radius 2 is 1.29 bits per heavy atom. The van der Waals surface area contributed by atoms with Gasteiger partial charge in [-0.15, -0.1) is 0 Å². The molecule has 0 aliphatic heterocycles. The van der Waals surface area contributed by atoms with Crippen molar-refractivity contribution >= 4 is 11.9 Å². The first-order valence-electron chi connectivity index (χ1n) is 12.1. The summed E-state index contributed by atoms with van der Waals surface area (Å²) in [5, 5.41) is 0. The summed E-state index contributed by atoms with van der Waals surface area (Å²) in [5.74, 6) is -1.61. The third-order valence-corrected chi connectivity index (χ3v) is 6.04. The first kappa shape index (κ1) is 27.1. The van der Waals surface area contributed by atoms with Crippen molar-refractivity contribution in [2.24, 2.45) is 5.41 Å². The van der Waals surface area contributed by atoms with Crippen molar-refractivity contribution < 1.29 is 23.5 Å². The van der Waals surface area contributed by atoms with Crippen molar-refractivity contribution in [3.63, 3.8) is 0 Å². The highest BCUT2D eigenvalue weighted by Gasteiger charge is 2.45. The smallest absolute Gasteiger partial charge is 0.323 e. The summed E-state index contributed by atoms with van der Waals surface area (Å²) >= 11 is 0. The minimum absolute atomic E-state index is 0.195. The Morgan fingerprint density at radius 3 is 1.84 bits per heavy atom. The standard InChI is InChI=1S/C26H41FO4/c1-4-7-8-9-10-11-12-13-14-17-20-30-24(28)26(5-2,6-3)25(29)31-21-22-18-15-16-19-23(22)27/h15-16,18-19H,4-14,17,20-21H2,1-3H3. The average Bonchev–Trinajstić information content (AvgIpc) is 2.78. The fourth-order valence-corrected chi connectivity index (χ4v) is 3.70. The lowest BCUT2D eigenvalue weighted by atomic mass is 9.82. The summed E-state index contributed by atoms with van der Waals surface area (Å²) in [6.45, 7) is 5.90. The third kappa shape index (κ3) is 9.40. The Labute approximate surface area is 187 Å². The zero-order valence-corrected chi connectivity index (χ0v) is 19.7. The van der Waals surface area contributed by atoms with Crippen LogP contribution in [0.4, 0.5) is 4.39 Å². The van der Waals surface area contributed by atoms with Gasteiger partial charge in [0.15, 0.2) is 5.41 Å². The maximum absolute atomic E-state index is 13.8. The van der Waals surface area contributed by atoms with Crippen LogP contribution in [0, 0.1) is 11.2 Å². The first-order chi connectivity index (χ1) is 15.0. The Balaban J connectivity index is 2.34. The quantitative estimate of drug-likeness (QED) is 0.148. The molecular formula is C26H41FO4. The van der Waals surface area contributed by atoms with E-state index in [2.05, 4.69) is 6.92 Å². The monoisotopic (exact) mass is 436 g/mol. The van der Waals surface area contributed by atoms with E-state index in [1.165, 1.54) is 51.0 Å². The molecule has 0 aromatic heterocycles. The zero-order valence-electron chi connectivity index (χ0n) is 19.7. The van der Waals surface area contributed by atoms with Crippen molar-refractivity contribution in [1.82, 2.24) is 0 Å². The van der Waals surface area contributed by atoms with Crippen LogP contribution in [-0.4, -0.2) is 18.5 Å². The number of hydrogen-bond acceptors (Lipinski definition) is 4. The molecule has 5 heteroatoms. The molecule has 4 nitrogen and oxygen atoms in total. The molecule has 0 amide bonds. The Kier molecular flexibility index (Phi) is 13.8. The molecule has 1 rings (SSSR count). The molecule has 0 saturated heterocycles. The lowest BCUT2D eigenvalue weighted by Gasteiger charge is -2.27. The van der Waals surface area contributed by atoms with Crippen molar-refractivity contribution in [3.05, 3.63) is 35.6 Å². The molecule has 1 aromatic rings. The Hall–Kier alpha value is -1.91. The Morgan fingerprint density at radius 1 is 0.774 bits per heavy atom. The lowest BCUT2D eigenvalue weighted by molar-refractivity contribution is -0.174. The van der Waals surface area contributed by atoms with Crippen molar-refractivity contribution in [3.8, 4) is 0 Å². The molecule has 0 aliphatic rings. The maximum Gasteiger partial charge on any atom is 0.323 e. The van der Waals surface area contributed by atoms with Crippen molar-refractivity contribution in [2.75, 3.05) is 6.61 Å². The average molecular weight is 437 g/mol. The number of halogens is 1. The SMILES string of the molecule is CCCCCCCCCCCCOC(=O)C(CC)(CC)C(=O)OCc1ccccc1F. The van der Waals surface area contributed by atoms with Crippen LogP contribution >= 0.6 is 0 Å². The van der Waals surface area contributed by atoms with Gasteiger partial charge in [-0.2, -0.15) is 0 Å². The van der Waals surface area contributed by atoms with Gasteiger partial charge in [0.2, 0.25) is 0 Å². The van der Waals surface area contributed by atoms with E-state index in [1.54, 1.807) is 32.0 Å². The zero-order chi connectivity index (χ0) is 23.0. The van der Waals surface area contributed by atoms with Gasteiger partial charge in [-0.3, -0.25) is 9.59 Å². The van der Waals surface area contributed by atoms with E-state index >= 15 is 0 Å². The first-order valence-corrected chi connectivity index (χ1v) is 12.1. The van der Waals surface area contributed by atoms with Gasteiger partial charge in [0.05, 0.1) is 6.61 Å². The fraction of sp³-hybridized carbons (Fsp3) is 0.692. The van der Waals surface area contributed by atoms with Gasteiger partial charge in [0, 0.05) is 5.56 Å². The van der Waals surface area contributed by atoms with E-state index in [9.17, 15) is 14.0 Å². The van der Waals surface area contributed by atoms with E-state index in [-0.39, 0.29) is 25.0 Å². The maximum atomic E-state index is 13.8. The highest BCUT2D eigenvalue weighted by atomic mass is 19.1. The second-order valence-corrected chi connectivity index (χ2v) is 8.27. The highest BCUT2D eigenvalue weighted by molar-refractivity contribution is 5.99. The highest BCUT2D eigenvalue weighted by Crippen LogP contribution is 2.31. The van der Waals surface area contributed by atoms with Crippen molar-refractivity contribution in [2.45, 2.75) is 104 Å². The predicted molar refractivity (Wildman–Crippen MR) is 122 cm³/mol. The van der Waals surface area contributed by atoms with Crippen LogP contribution in [0.15, 0.2) is 24.3 Å². The van der Waals surface area contributed by atoms with Crippen LogP contribution in [0.5, 0.6) is 0 Å². The predicted octanol–water partition coefficient (Wildman–Crippen LogP) is 7.14. The second kappa shape index (κ2) is 15.8. The minimum atomic E-state index is -1.33. The second-order valence-electron chi connectivity index (χ2n) is 8.27. The molecule has 0 spiro atoms. The number of carbonyl (C=O) groups excluding carboxylic acids is 2. The van der Waals surface area contributed by atoms with Crippen LogP contribution in [0.1, 0.15) is 103 Å². The third-order valence-electron chi connectivity index (χ3n) is 6.04. The minimum Gasteiger partial charge on any atom is -0.465 e. The molecule has 1 aromatic carbocycles. The number of rotatable bonds is 17. The van der Waals surface area contributed by atoms with E-state index < -0.39 is 23.2 Å². The van der Waals surface area contributed by atoms with Crippen LogP contribution in [0.25, 0.3) is 0 Å². The summed E-state index contributed by atoms with van der Waals surface area (Å²) in [7, 11) is 0. The van der Waals surface area contributed by atoms with Gasteiger partial charge in [0.25, 0.3) is 0 Å². The largest absolute Gasteiger partial charge is 0.465 e. The van der Waals surface area contributed by atoms with Gasteiger partial charge in [-0.25, -0.2) is 4.39 Å². The van der Waals surface area contributed by atoms with E-state index in [4.69, 9.17) is 9.47 Å². The fourth-order valence-electron chi connectivity index (χ4n) is 3.70. The summed E-state index contributed by atoms with van der Waals surface area (Å²) < 4.78 is 24.5. The molecule has 0 aliphatic carbocycles. The van der Waals surface area contributed by atoms with Crippen molar-refractivity contribution in [1.29, 1.82) is 0 Å². The van der Waals surface area contributed by atoms with Gasteiger partial charge >= 0.3 is 11.9 Å². The van der Waals surface area contributed by atoms with Gasteiger partial charge in [-0.05, 0) is 25.3 Å². The summed E-state index contributed by atoms with van der Waals surface area (Å²) in [6.07, 6.45) is 12.6. The lowest BCUT2D eigenvalue weighted by Crippen LogP contribution is -2.41. The van der Waals surface area contributed by atoms with Crippen LogP contribution in [-0.2, 0) is 25.7 Å². The molecule has 0 saturated carbocycles. The number of carbonyl (C=O) groups is 2. The molecule has 0 bridgehead atoms. The number of unbranched alkanes of at least 4 members (excludes halogenated alkanes) is 9. The number of esters is 2. The molecule has 0 N–H and O–H groups in total.